The first-order valence-electron chi connectivity index (χ1n) is 4.25. The maximum Gasteiger partial charge on any atom is 0.0112 e. The molecule has 0 unspecified atom stereocenters. The van der Waals surface area contributed by atoms with Crippen LogP contribution in [0, 0.1) is 0 Å². The summed E-state index contributed by atoms with van der Waals surface area (Å²) in [5.41, 5.74) is 1.17. The van der Waals surface area contributed by atoms with Crippen molar-refractivity contribution in [3.8, 4) is 0 Å². The molecule has 1 heteroatoms. The van der Waals surface area contributed by atoms with E-state index in [1.807, 2.05) is 57.2 Å². The third-order valence-corrected chi connectivity index (χ3v) is 1.69. The average Bonchev–Trinajstić information content (AvgIpc) is 2.13. The summed E-state index contributed by atoms with van der Waals surface area (Å²) < 4.78 is 0. The Morgan fingerprint density at radius 1 is 1.17 bits per heavy atom. The van der Waals surface area contributed by atoms with Gasteiger partial charge >= 0.3 is 0 Å². The van der Waals surface area contributed by atoms with Crippen molar-refractivity contribution in [2.75, 3.05) is 0 Å². The van der Waals surface area contributed by atoms with Gasteiger partial charge in [0.15, 0.2) is 0 Å². The lowest BCUT2D eigenvalue weighted by atomic mass is 10.2. The normalized spacial score (nSPS) is 9.33. The summed E-state index contributed by atoms with van der Waals surface area (Å²) in [6.45, 7) is 6.00. The minimum absolute atomic E-state index is 1.03. The van der Waals surface area contributed by atoms with Crippen LogP contribution in [0.4, 0.5) is 0 Å². The topological polar surface area (TPSA) is 0 Å². The van der Waals surface area contributed by atoms with E-state index in [2.05, 4.69) is 12.6 Å². The summed E-state index contributed by atoms with van der Waals surface area (Å²) in [7, 11) is 0. The molecule has 0 amide bonds. The number of rotatable bonds is 1. The molecule has 1 aromatic rings. The number of thiol groups is 1. The van der Waals surface area contributed by atoms with Gasteiger partial charge in [-0.3, -0.25) is 0 Å². The van der Waals surface area contributed by atoms with Crippen LogP contribution < -0.4 is 0 Å². The van der Waals surface area contributed by atoms with Gasteiger partial charge in [-0.25, -0.2) is 0 Å². The number of allylic oxidation sites excluding steroid dienone is 1. The van der Waals surface area contributed by atoms with Crippen LogP contribution in [0.25, 0.3) is 6.08 Å². The number of hydrogen-bond donors (Lipinski definition) is 1. The molecule has 1 rings (SSSR count). The summed E-state index contributed by atoms with van der Waals surface area (Å²) in [5.74, 6) is 0. The highest BCUT2D eigenvalue weighted by Crippen LogP contribution is 2.13. The van der Waals surface area contributed by atoms with E-state index in [4.69, 9.17) is 0 Å². The van der Waals surface area contributed by atoms with E-state index in [0.29, 0.717) is 0 Å². The highest BCUT2D eigenvalue weighted by Gasteiger charge is 1.88. The van der Waals surface area contributed by atoms with E-state index in [9.17, 15) is 0 Å². The minimum atomic E-state index is 1.03. The van der Waals surface area contributed by atoms with Crippen molar-refractivity contribution in [1.29, 1.82) is 0 Å². The van der Waals surface area contributed by atoms with Gasteiger partial charge in [-0.05, 0) is 18.6 Å². The highest BCUT2D eigenvalue weighted by atomic mass is 32.1. The van der Waals surface area contributed by atoms with E-state index in [1.54, 1.807) is 0 Å². The molecular weight excluding hydrogens is 164 g/mol. The molecule has 0 N–H and O–H groups in total. The second-order valence-electron chi connectivity index (χ2n) is 2.06. The predicted octanol–water partition coefficient (Wildman–Crippen LogP) is 4.03. The highest BCUT2D eigenvalue weighted by molar-refractivity contribution is 7.80. The van der Waals surface area contributed by atoms with E-state index in [-0.39, 0.29) is 0 Å². The summed E-state index contributed by atoms with van der Waals surface area (Å²) in [6, 6.07) is 8.02. The van der Waals surface area contributed by atoms with Crippen molar-refractivity contribution >= 4 is 18.7 Å². The summed E-state index contributed by atoms with van der Waals surface area (Å²) in [5, 5.41) is 0. The summed E-state index contributed by atoms with van der Waals surface area (Å²) in [6.07, 6.45) is 4.05. The van der Waals surface area contributed by atoms with Crippen LogP contribution >= 0.6 is 12.6 Å². The fraction of sp³-hybridized carbons (Fsp3) is 0.273. The predicted molar refractivity (Wildman–Crippen MR) is 59.8 cm³/mol. The molecule has 0 nitrogen and oxygen atoms in total. The first-order valence-corrected chi connectivity index (χ1v) is 4.70. The van der Waals surface area contributed by atoms with Crippen LogP contribution in [0.1, 0.15) is 26.3 Å². The Labute approximate surface area is 80.7 Å². The zero-order chi connectivity index (χ0) is 9.40. The maximum absolute atomic E-state index is 4.28. The summed E-state index contributed by atoms with van der Waals surface area (Å²) in [4.78, 5) is 1.03. The average molecular weight is 180 g/mol. The molecule has 0 saturated heterocycles. The third kappa shape index (κ3) is 3.63. The van der Waals surface area contributed by atoms with Gasteiger partial charge in [0.2, 0.25) is 0 Å². The second-order valence-corrected chi connectivity index (χ2v) is 2.54. The molecule has 0 atom stereocenters. The number of hydrogen-bond acceptors (Lipinski definition) is 1. The summed E-state index contributed by atoms with van der Waals surface area (Å²) >= 11 is 4.28. The lowest BCUT2D eigenvalue weighted by Crippen LogP contribution is -1.72. The smallest absolute Gasteiger partial charge is 0.0112 e. The molecule has 12 heavy (non-hydrogen) atoms. The molecular formula is C11H16S. The molecule has 1 aromatic carbocycles. The fourth-order valence-corrected chi connectivity index (χ4v) is 1.04. The quantitative estimate of drug-likeness (QED) is 0.620. The maximum atomic E-state index is 4.28. The van der Waals surface area contributed by atoms with E-state index < -0.39 is 0 Å². The van der Waals surface area contributed by atoms with Crippen LogP contribution in [-0.4, -0.2) is 0 Å². The molecule has 0 aliphatic rings. The molecule has 0 aliphatic heterocycles. The van der Waals surface area contributed by atoms with Gasteiger partial charge in [0, 0.05) is 4.90 Å². The Hall–Kier alpha value is -0.690. The molecule has 0 heterocycles. The van der Waals surface area contributed by atoms with Crippen molar-refractivity contribution in [3.05, 3.63) is 35.9 Å². The second kappa shape index (κ2) is 6.99. The van der Waals surface area contributed by atoms with Gasteiger partial charge in [-0.1, -0.05) is 44.2 Å². The fourth-order valence-electron chi connectivity index (χ4n) is 0.808. The largest absolute Gasteiger partial charge is 0.143 e. The van der Waals surface area contributed by atoms with Crippen molar-refractivity contribution in [3.63, 3.8) is 0 Å². The Morgan fingerprint density at radius 3 is 2.25 bits per heavy atom. The Bertz CT molecular complexity index is 239. The van der Waals surface area contributed by atoms with Crippen molar-refractivity contribution < 1.29 is 0 Å². The van der Waals surface area contributed by atoms with Crippen LogP contribution in [0.3, 0.4) is 0 Å². The van der Waals surface area contributed by atoms with Crippen molar-refractivity contribution in [2.24, 2.45) is 0 Å². The molecule has 66 valence electrons. The Morgan fingerprint density at radius 2 is 1.75 bits per heavy atom. The van der Waals surface area contributed by atoms with E-state index in [0.717, 1.165) is 4.90 Å². The zero-order valence-electron chi connectivity index (χ0n) is 7.91. The molecule has 0 fully saturated rings. The zero-order valence-corrected chi connectivity index (χ0v) is 8.81. The van der Waals surface area contributed by atoms with Crippen molar-refractivity contribution in [1.82, 2.24) is 0 Å². The lowest BCUT2D eigenvalue weighted by Gasteiger charge is -1.95. The van der Waals surface area contributed by atoms with Gasteiger partial charge in [0.25, 0.3) is 0 Å². The first-order chi connectivity index (χ1) is 5.84. The molecule has 0 bridgehead atoms. The van der Waals surface area contributed by atoms with Crippen LogP contribution in [-0.2, 0) is 0 Å². The third-order valence-electron chi connectivity index (χ3n) is 1.28. The minimum Gasteiger partial charge on any atom is -0.143 e. The monoisotopic (exact) mass is 180 g/mol. The van der Waals surface area contributed by atoms with Gasteiger partial charge in [-0.15, -0.1) is 12.6 Å². The molecule has 0 radical (unpaired) electrons. The van der Waals surface area contributed by atoms with E-state index in [1.165, 1.54) is 5.56 Å². The standard InChI is InChI=1S/C9H10S.C2H6/c1-2-5-8-6-3-4-7-9(8)10;1-2/h2-7,10H,1H3;1-2H3/b5-2-;. The molecule has 0 spiro atoms. The van der Waals surface area contributed by atoms with Gasteiger partial charge in [-0.2, -0.15) is 0 Å². The Kier molecular flexibility index (Phi) is 6.58. The SMILES string of the molecule is C/C=C\c1ccccc1S.CC. The lowest BCUT2D eigenvalue weighted by molar-refractivity contribution is 1.43. The van der Waals surface area contributed by atoms with Crippen LogP contribution in [0.2, 0.25) is 0 Å². The van der Waals surface area contributed by atoms with Gasteiger partial charge in [0.1, 0.15) is 0 Å². The molecule has 0 aromatic heterocycles. The van der Waals surface area contributed by atoms with Crippen LogP contribution in [0.5, 0.6) is 0 Å². The number of benzene rings is 1. The Balaban J connectivity index is 0.000000561. The molecule has 0 aliphatic carbocycles. The van der Waals surface area contributed by atoms with Crippen molar-refractivity contribution in [2.45, 2.75) is 25.7 Å². The van der Waals surface area contributed by atoms with Gasteiger partial charge < -0.3 is 0 Å². The van der Waals surface area contributed by atoms with Crippen LogP contribution in [0.15, 0.2) is 35.2 Å². The molecule has 0 saturated carbocycles. The van der Waals surface area contributed by atoms with Gasteiger partial charge in [0.05, 0.1) is 0 Å². The van der Waals surface area contributed by atoms with E-state index >= 15 is 0 Å². The first kappa shape index (κ1) is 11.3.